The lowest BCUT2D eigenvalue weighted by molar-refractivity contribution is 0.171. The summed E-state index contributed by atoms with van der Waals surface area (Å²) in [5.41, 5.74) is 0. The zero-order chi connectivity index (χ0) is 12.4. The minimum atomic E-state index is 0.638. The van der Waals surface area contributed by atoms with Gasteiger partial charge in [-0.2, -0.15) is 0 Å². The van der Waals surface area contributed by atoms with Crippen LogP contribution in [0.2, 0.25) is 0 Å². The van der Waals surface area contributed by atoms with Crippen LogP contribution in [0.25, 0.3) is 0 Å². The third kappa shape index (κ3) is 2.84. The second-order valence-electron chi connectivity index (χ2n) is 3.83. The van der Waals surface area contributed by atoms with Gasteiger partial charge in [0.1, 0.15) is 13.2 Å². The third-order valence-electron chi connectivity index (χ3n) is 2.52. The summed E-state index contributed by atoms with van der Waals surface area (Å²) in [4.78, 5) is 2.57. The van der Waals surface area contributed by atoms with E-state index in [1.54, 1.807) is 11.3 Å². The zero-order valence-corrected chi connectivity index (χ0v) is 12.7. The molecule has 0 spiro atoms. The van der Waals surface area contributed by atoms with Crippen LogP contribution in [0.4, 0.5) is 0 Å². The third-order valence-corrected chi connectivity index (χ3v) is 5.44. The van der Waals surface area contributed by atoms with Crippen molar-refractivity contribution in [2.45, 2.75) is 10.6 Å². The van der Waals surface area contributed by atoms with E-state index < -0.39 is 0 Å². The molecule has 0 N–H and O–H groups in total. The number of fused-ring (bicyclic) bond motifs is 1. The van der Waals surface area contributed by atoms with Crippen LogP contribution in [0.3, 0.4) is 0 Å². The topological polar surface area (TPSA) is 18.5 Å². The highest BCUT2D eigenvalue weighted by atomic mass is 79.9. The molecule has 18 heavy (non-hydrogen) atoms. The Kier molecular flexibility index (Phi) is 3.82. The Morgan fingerprint density at radius 3 is 2.78 bits per heavy atom. The molecule has 94 valence electrons. The summed E-state index contributed by atoms with van der Waals surface area (Å²) in [6.07, 6.45) is 0. The van der Waals surface area contributed by atoms with Crippen molar-refractivity contribution in [2.75, 3.05) is 13.2 Å². The number of thioether (sulfide) groups is 1. The van der Waals surface area contributed by atoms with Gasteiger partial charge in [-0.15, -0.1) is 23.1 Å². The Morgan fingerprint density at radius 1 is 1.17 bits per heavy atom. The highest BCUT2D eigenvalue weighted by Crippen LogP contribution is 2.36. The highest BCUT2D eigenvalue weighted by molar-refractivity contribution is 9.10. The molecule has 0 atom stereocenters. The first-order valence-electron chi connectivity index (χ1n) is 5.56. The number of hydrogen-bond acceptors (Lipinski definition) is 4. The van der Waals surface area contributed by atoms with Crippen molar-refractivity contribution in [1.82, 2.24) is 0 Å². The Balaban J connectivity index is 1.69. The second-order valence-corrected chi connectivity index (χ2v) is 6.79. The van der Waals surface area contributed by atoms with E-state index in [1.807, 2.05) is 17.8 Å². The van der Waals surface area contributed by atoms with E-state index >= 15 is 0 Å². The molecule has 3 rings (SSSR count). The maximum Gasteiger partial charge on any atom is 0.162 e. The van der Waals surface area contributed by atoms with E-state index in [0.29, 0.717) is 13.2 Å². The SMILES string of the molecule is Brc1csc(CSc2ccc3c(c2)OCCO3)c1. The number of halogens is 1. The van der Waals surface area contributed by atoms with Crippen molar-refractivity contribution in [2.24, 2.45) is 0 Å². The molecule has 1 aromatic carbocycles. The Labute approximate surface area is 122 Å². The van der Waals surface area contributed by atoms with E-state index in [-0.39, 0.29) is 0 Å². The molecular weight excluding hydrogens is 332 g/mol. The lowest BCUT2D eigenvalue weighted by Crippen LogP contribution is -2.15. The average molecular weight is 343 g/mol. The summed E-state index contributed by atoms with van der Waals surface area (Å²) in [6.45, 7) is 1.28. The fourth-order valence-electron chi connectivity index (χ4n) is 1.70. The fraction of sp³-hybridized carbons (Fsp3) is 0.231. The first-order chi connectivity index (χ1) is 8.81. The van der Waals surface area contributed by atoms with E-state index in [2.05, 4.69) is 39.5 Å². The quantitative estimate of drug-likeness (QED) is 0.761. The van der Waals surface area contributed by atoms with Crippen molar-refractivity contribution in [1.29, 1.82) is 0 Å². The summed E-state index contributed by atoms with van der Waals surface area (Å²) in [5.74, 6) is 2.69. The second kappa shape index (κ2) is 5.55. The number of rotatable bonds is 3. The zero-order valence-electron chi connectivity index (χ0n) is 9.52. The summed E-state index contributed by atoms with van der Waals surface area (Å²) in [5, 5.41) is 2.11. The molecule has 1 aliphatic heterocycles. The van der Waals surface area contributed by atoms with E-state index in [1.165, 1.54) is 9.77 Å². The largest absolute Gasteiger partial charge is 0.486 e. The number of ether oxygens (including phenoxy) is 2. The number of benzene rings is 1. The van der Waals surface area contributed by atoms with Crippen molar-refractivity contribution >= 4 is 39.0 Å². The van der Waals surface area contributed by atoms with Crippen molar-refractivity contribution in [3.63, 3.8) is 0 Å². The maximum atomic E-state index is 5.58. The van der Waals surface area contributed by atoms with Gasteiger partial charge < -0.3 is 9.47 Å². The Hall–Kier alpha value is -0.650. The minimum absolute atomic E-state index is 0.638. The van der Waals surface area contributed by atoms with Gasteiger partial charge in [0, 0.05) is 25.4 Å². The molecule has 0 aliphatic carbocycles. The highest BCUT2D eigenvalue weighted by Gasteiger charge is 2.11. The van der Waals surface area contributed by atoms with E-state index in [4.69, 9.17) is 9.47 Å². The van der Waals surface area contributed by atoms with Crippen molar-refractivity contribution < 1.29 is 9.47 Å². The van der Waals surface area contributed by atoms with Crippen LogP contribution < -0.4 is 9.47 Å². The molecule has 5 heteroatoms. The lowest BCUT2D eigenvalue weighted by atomic mass is 10.3. The average Bonchev–Trinajstić information content (AvgIpc) is 2.82. The summed E-state index contributed by atoms with van der Waals surface area (Å²) < 4.78 is 12.2. The predicted octanol–water partition coefficient (Wildman–Crippen LogP) is 4.57. The van der Waals surface area contributed by atoms with Crippen molar-refractivity contribution in [3.8, 4) is 11.5 Å². The minimum Gasteiger partial charge on any atom is -0.486 e. The molecule has 2 aromatic rings. The summed E-state index contributed by atoms with van der Waals surface area (Å²) in [7, 11) is 0. The van der Waals surface area contributed by atoms with Gasteiger partial charge in [-0.25, -0.2) is 0 Å². The summed E-state index contributed by atoms with van der Waals surface area (Å²) >= 11 is 7.06. The van der Waals surface area contributed by atoms with Crippen LogP contribution in [0.15, 0.2) is 39.0 Å². The molecule has 1 aromatic heterocycles. The number of hydrogen-bond donors (Lipinski definition) is 0. The van der Waals surface area contributed by atoms with Crippen LogP contribution in [-0.2, 0) is 5.75 Å². The molecule has 0 unspecified atom stereocenters. The molecule has 0 fully saturated rings. The van der Waals surface area contributed by atoms with Crippen LogP contribution in [-0.4, -0.2) is 13.2 Å². The van der Waals surface area contributed by atoms with Gasteiger partial charge >= 0.3 is 0 Å². The smallest absolute Gasteiger partial charge is 0.162 e. The molecule has 0 saturated heterocycles. The molecule has 0 radical (unpaired) electrons. The lowest BCUT2D eigenvalue weighted by Gasteiger charge is -2.18. The van der Waals surface area contributed by atoms with Gasteiger partial charge in [0.05, 0.1) is 0 Å². The molecule has 2 nitrogen and oxygen atoms in total. The standard InChI is InChI=1S/C13H11BrO2S2/c14-9-5-11(17-7-9)8-18-10-1-2-12-13(6-10)16-4-3-15-12/h1-2,5-7H,3-4,8H2. The van der Waals surface area contributed by atoms with Crippen LogP contribution in [0, 0.1) is 0 Å². The van der Waals surface area contributed by atoms with Gasteiger partial charge in [0.15, 0.2) is 11.5 Å². The number of thiophene rings is 1. The van der Waals surface area contributed by atoms with Gasteiger partial charge in [-0.1, -0.05) is 0 Å². The van der Waals surface area contributed by atoms with Crippen LogP contribution in [0.1, 0.15) is 4.88 Å². The molecule has 0 bridgehead atoms. The maximum absolute atomic E-state index is 5.58. The van der Waals surface area contributed by atoms with Crippen LogP contribution in [0.5, 0.6) is 11.5 Å². The molecule has 2 heterocycles. The normalized spacial score (nSPS) is 13.6. The molecule has 0 saturated carbocycles. The molecule has 1 aliphatic rings. The van der Waals surface area contributed by atoms with Crippen molar-refractivity contribution in [3.05, 3.63) is 39.0 Å². The predicted molar refractivity (Wildman–Crippen MR) is 79.0 cm³/mol. The van der Waals surface area contributed by atoms with Crippen LogP contribution >= 0.6 is 39.0 Å². The fourth-order valence-corrected chi connectivity index (χ4v) is 4.13. The van der Waals surface area contributed by atoms with Gasteiger partial charge in [0.25, 0.3) is 0 Å². The molecule has 0 amide bonds. The van der Waals surface area contributed by atoms with E-state index in [0.717, 1.165) is 21.7 Å². The first-order valence-corrected chi connectivity index (χ1v) is 8.22. The van der Waals surface area contributed by atoms with Gasteiger partial charge in [-0.05, 0) is 40.2 Å². The monoisotopic (exact) mass is 342 g/mol. The van der Waals surface area contributed by atoms with Gasteiger partial charge in [0.2, 0.25) is 0 Å². The van der Waals surface area contributed by atoms with Gasteiger partial charge in [-0.3, -0.25) is 0 Å². The summed E-state index contributed by atoms with van der Waals surface area (Å²) in [6, 6.07) is 8.29. The first kappa shape index (κ1) is 12.4. The van der Waals surface area contributed by atoms with E-state index in [9.17, 15) is 0 Å². The Bertz CT molecular complexity index is 554. The molecular formula is C13H11BrO2S2. The Morgan fingerprint density at radius 2 is 2.00 bits per heavy atom.